The zero-order valence-corrected chi connectivity index (χ0v) is 14.3. The molecule has 4 heteroatoms. The zero-order chi connectivity index (χ0) is 15.4. The van der Waals surface area contributed by atoms with Gasteiger partial charge in [0.25, 0.3) is 0 Å². The maximum atomic E-state index is 13.7. The zero-order valence-electron chi connectivity index (χ0n) is 11.8. The Labute approximate surface area is 138 Å². The molecule has 0 amide bonds. The molecule has 0 aliphatic carbocycles. The fraction of sp³-hybridized carbons (Fsp3) is 0. The Morgan fingerprint density at radius 2 is 1.14 bits per heavy atom. The molecule has 3 aromatic rings. The standard InChI is InChI=1S/C18H15BrNOP/c19-15-11-13-16(14-12-15)20-22(21,17-7-3-1-4-8-17)18-9-5-2-6-10-18/h1-14H,(H,20,21). The van der Waals surface area contributed by atoms with Crippen LogP contribution < -0.4 is 15.7 Å². The molecule has 0 fully saturated rings. The molecule has 3 aromatic carbocycles. The van der Waals surface area contributed by atoms with Crippen LogP contribution in [0.3, 0.4) is 0 Å². The highest BCUT2D eigenvalue weighted by atomic mass is 79.9. The van der Waals surface area contributed by atoms with Gasteiger partial charge in [0.15, 0.2) is 0 Å². The summed E-state index contributed by atoms with van der Waals surface area (Å²) in [7, 11) is -2.93. The number of rotatable bonds is 4. The van der Waals surface area contributed by atoms with E-state index in [1.54, 1.807) is 0 Å². The molecular formula is C18H15BrNOP. The molecule has 0 radical (unpaired) electrons. The Balaban J connectivity index is 2.08. The largest absolute Gasteiger partial charge is 0.329 e. The second-order valence-corrected chi connectivity index (χ2v) is 8.29. The van der Waals surface area contributed by atoms with E-state index in [1.807, 2.05) is 84.9 Å². The maximum absolute atomic E-state index is 13.7. The van der Waals surface area contributed by atoms with Crippen molar-refractivity contribution in [2.45, 2.75) is 0 Å². The van der Waals surface area contributed by atoms with Gasteiger partial charge in [0, 0.05) is 20.8 Å². The number of benzene rings is 3. The molecular weight excluding hydrogens is 357 g/mol. The molecule has 0 atom stereocenters. The maximum Gasteiger partial charge on any atom is 0.227 e. The quantitative estimate of drug-likeness (QED) is 0.668. The van der Waals surface area contributed by atoms with Gasteiger partial charge in [-0.25, -0.2) is 0 Å². The monoisotopic (exact) mass is 371 g/mol. The Morgan fingerprint density at radius 3 is 1.59 bits per heavy atom. The summed E-state index contributed by atoms with van der Waals surface area (Å²) in [6.45, 7) is 0. The van der Waals surface area contributed by atoms with Crippen LogP contribution in [-0.4, -0.2) is 0 Å². The van der Waals surface area contributed by atoms with Gasteiger partial charge in [0.2, 0.25) is 7.29 Å². The Hall–Kier alpha value is -1.83. The van der Waals surface area contributed by atoms with Crippen LogP contribution in [0.2, 0.25) is 0 Å². The molecule has 3 rings (SSSR count). The van der Waals surface area contributed by atoms with Crippen LogP contribution in [0.5, 0.6) is 0 Å². The van der Waals surface area contributed by atoms with Gasteiger partial charge in [-0.2, -0.15) is 0 Å². The molecule has 0 spiro atoms. The van der Waals surface area contributed by atoms with E-state index < -0.39 is 7.29 Å². The van der Waals surface area contributed by atoms with E-state index in [0.29, 0.717) is 0 Å². The number of anilines is 1. The number of hydrogen-bond donors (Lipinski definition) is 1. The Kier molecular flexibility index (Phi) is 4.47. The molecule has 1 N–H and O–H groups in total. The second kappa shape index (κ2) is 6.51. The molecule has 2 nitrogen and oxygen atoms in total. The first-order chi connectivity index (χ1) is 10.7. The minimum atomic E-state index is -2.93. The Bertz CT molecular complexity index is 745. The SMILES string of the molecule is O=P(Nc1ccc(Br)cc1)(c1ccccc1)c1ccccc1. The van der Waals surface area contributed by atoms with Gasteiger partial charge in [0.05, 0.1) is 0 Å². The lowest BCUT2D eigenvalue weighted by Gasteiger charge is -2.21. The van der Waals surface area contributed by atoms with Crippen molar-refractivity contribution in [2.24, 2.45) is 0 Å². The van der Waals surface area contributed by atoms with Crippen molar-refractivity contribution in [2.75, 3.05) is 5.09 Å². The first-order valence-corrected chi connectivity index (χ1v) is 9.43. The summed E-state index contributed by atoms with van der Waals surface area (Å²) in [5.74, 6) is 0. The first kappa shape index (κ1) is 15.1. The van der Waals surface area contributed by atoms with Crippen molar-refractivity contribution >= 4 is 39.5 Å². The van der Waals surface area contributed by atoms with E-state index >= 15 is 0 Å². The van der Waals surface area contributed by atoms with Crippen molar-refractivity contribution in [3.05, 3.63) is 89.4 Å². The van der Waals surface area contributed by atoms with Gasteiger partial charge in [0.1, 0.15) is 0 Å². The van der Waals surface area contributed by atoms with E-state index in [9.17, 15) is 4.57 Å². The molecule has 110 valence electrons. The predicted molar refractivity (Wildman–Crippen MR) is 97.5 cm³/mol. The summed E-state index contributed by atoms with van der Waals surface area (Å²) in [4.78, 5) is 0. The summed E-state index contributed by atoms with van der Waals surface area (Å²) in [6.07, 6.45) is 0. The lowest BCUT2D eigenvalue weighted by molar-refractivity contribution is 0.590. The fourth-order valence-corrected chi connectivity index (χ4v) is 4.78. The lowest BCUT2D eigenvalue weighted by atomic mass is 10.3. The van der Waals surface area contributed by atoms with E-state index in [-0.39, 0.29) is 0 Å². The first-order valence-electron chi connectivity index (χ1n) is 6.94. The fourth-order valence-electron chi connectivity index (χ4n) is 2.26. The van der Waals surface area contributed by atoms with Gasteiger partial charge in [-0.1, -0.05) is 52.3 Å². The van der Waals surface area contributed by atoms with Crippen molar-refractivity contribution in [1.29, 1.82) is 0 Å². The van der Waals surface area contributed by atoms with Crippen LogP contribution in [-0.2, 0) is 4.57 Å². The third kappa shape index (κ3) is 3.16. The van der Waals surface area contributed by atoms with Crippen LogP contribution >= 0.6 is 23.2 Å². The normalized spacial score (nSPS) is 11.1. The summed E-state index contributed by atoms with van der Waals surface area (Å²) in [6, 6.07) is 26.8. The highest BCUT2D eigenvalue weighted by Crippen LogP contribution is 2.43. The van der Waals surface area contributed by atoms with Crippen LogP contribution in [0.25, 0.3) is 0 Å². The van der Waals surface area contributed by atoms with Gasteiger partial charge in [-0.15, -0.1) is 0 Å². The van der Waals surface area contributed by atoms with E-state index in [2.05, 4.69) is 21.0 Å². The Morgan fingerprint density at radius 1 is 0.682 bits per heavy atom. The van der Waals surface area contributed by atoms with Crippen molar-refractivity contribution in [3.63, 3.8) is 0 Å². The molecule has 0 heterocycles. The molecule has 0 aliphatic rings. The molecule has 0 saturated carbocycles. The van der Waals surface area contributed by atoms with Crippen LogP contribution in [0.15, 0.2) is 89.4 Å². The molecule has 22 heavy (non-hydrogen) atoms. The predicted octanol–water partition coefficient (Wildman–Crippen LogP) is 4.79. The second-order valence-electron chi connectivity index (χ2n) is 4.90. The average Bonchev–Trinajstić information content (AvgIpc) is 2.58. The number of halogens is 1. The highest BCUT2D eigenvalue weighted by Gasteiger charge is 2.26. The van der Waals surface area contributed by atoms with Gasteiger partial charge in [-0.3, -0.25) is 4.57 Å². The average molecular weight is 372 g/mol. The summed E-state index contributed by atoms with van der Waals surface area (Å²) >= 11 is 3.42. The van der Waals surface area contributed by atoms with Crippen LogP contribution in [0.1, 0.15) is 0 Å². The third-order valence-electron chi connectivity index (χ3n) is 3.37. The van der Waals surface area contributed by atoms with Crippen molar-refractivity contribution in [1.82, 2.24) is 0 Å². The number of hydrogen-bond acceptors (Lipinski definition) is 1. The topological polar surface area (TPSA) is 29.1 Å². The van der Waals surface area contributed by atoms with E-state index in [4.69, 9.17) is 0 Å². The van der Waals surface area contributed by atoms with Gasteiger partial charge in [-0.05, 0) is 48.5 Å². The summed E-state index contributed by atoms with van der Waals surface area (Å²) in [5.41, 5.74) is 0.833. The van der Waals surface area contributed by atoms with Crippen LogP contribution in [0, 0.1) is 0 Å². The summed E-state index contributed by atoms with van der Waals surface area (Å²) in [5, 5.41) is 4.84. The lowest BCUT2D eigenvalue weighted by Crippen LogP contribution is -2.21. The van der Waals surface area contributed by atoms with Crippen LogP contribution in [0.4, 0.5) is 5.69 Å². The number of nitrogens with one attached hydrogen (secondary N) is 1. The molecule has 0 bridgehead atoms. The van der Waals surface area contributed by atoms with E-state index in [1.165, 1.54) is 0 Å². The third-order valence-corrected chi connectivity index (χ3v) is 6.52. The molecule has 0 aromatic heterocycles. The van der Waals surface area contributed by atoms with E-state index in [0.717, 1.165) is 20.8 Å². The van der Waals surface area contributed by atoms with Crippen molar-refractivity contribution < 1.29 is 4.57 Å². The highest BCUT2D eigenvalue weighted by molar-refractivity contribution is 9.10. The van der Waals surface area contributed by atoms with Crippen molar-refractivity contribution in [3.8, 4) is 0 Å². The van der Waals surface area contributed by atoms with Gasteiger partial charge < -0.3 is 5.09 Å². The molecule has 0 unspecified atom stereocenters. The molecule has 0 aliphatic heterocycles. The smallest absolute Gasteiger partial charge is 0.227 e. The van der Waals surface area contributed by atoms with Gasteiger partial charge >= 0.3 is 0 Å². The minimum absolute atomic E-state index is 0.795. The summed E-state index contributed by atoms with van der Waals surface area (Å²) < 4.78 is 14.7. The molecule has 0 saturated heterocycles. The minimum Gasteiger partial charge on any atom is -0.329 e.